The molecule has 0 heterocycles. The van der Waals surface area contributed by atoms with Crippen molar-refractivity contribution in [3.05, 3.63) is 0 Å². The van der Waals surface area contributed by atoms with Crippen molar-refractivity contribution in [3.63, 3.8) is 0 Å². The van der Waals surface area contributed by atoms with Crippen LogP contribution in [0.15, 0.2) is 0 Å². The zero-order chi connectivity index (χ0) is 10.5. The van der Waals surface area contributed by atoms with Crippen LogP contribution in [-0.2, 0) is 4.89 Å². The molecule has 13 heavy (non-hydrogen) atoms. The molecule has 80 valence electrons. The standard InChI is InChI=1S/C10H21ClO2/c1-5-8(10(2,3)4)6-7-9(11)13-12/h8-9,12H,5-7H2,1-4H3. The van der Waals surface area contributed by atoms with E-state index in [1.54, 1.807) is 0 Å². The lowest BCUT2D eigenvalue weighted by molar-refractivity contribution is -0.257. The quantitative estimate of drug-likeness (QED) is 0.422. The fraction of sp³-hybridized carbons (Fsp3) is 1.00. The molecular weight excluding hydrogens is 188 g/mol. The van der Waals surface area contributed by atoms with Crippen molar-refractivity contribution in [1.29, 1.82) is 0 Å². The summed E-state index contributed by atoms with van der Waals surface area (Å²) in [7, 11) is 0. The molecule has 3 heteroatoms. The van der Waals surface area contributed by atoms with E-state index in [4.69, 9.17) is 16.9 Å². The van der Waals surface area contributed by atoms with E-state index in [0.717, 1.165) is 12.8 Å². The SMILES string of the molecule is CCC(CCC(Cl)OO)C(C)(C)C. The Morgan fingerprint density at radius 3 is 2.15 bits per heavy atom. The predicted molar refractivity (Wildman–Crippen MR) is 55.8 cm³/mol. The van der Waals surface area contributed by atoms with Crippen LogP contribution in [-0.4, -0.2) is 10.8 Å². The number of rotatable bonds is 5. The van der Waals surface area contributed by atoms with E-state index in [2.05, 4.69) is 32.6 Å². The Balaban J connectivity index is 3.86. The lowest BCUT2D eigenvalue weighted by atomic mass is 9.77. The van der Waals surface area contributed by atoms with Crippen LogP contribution in [0.5, 0.6) is 0 Å². The van der Waals surface area contributed by atoms with Gasteiger partial charge in [-0.05, 0) is 24.2 Å². The first-order valence-corrected chi connectivity index (χ1v) is 5.29. The average Bonchev–Trinajstić information content (AvgIpc) is 2.02. The molecule has 0 aromatic rings. The summed E-state index contributed by atoms with van der Waals surface area (Å²) in [5.74, 6) is 0.629. The topological polar surface area (TPSA) is 29.5 Å². The molecular formula is C10H21ClO2. The highest BCUT2D eigenvalue weighted by atomic mass is 35.5. The second-order valence-electron chi connectivity index (χ2n) is 4.56. The highest BCUT2D eigenvalue weighted by Crippen LogP contribution is 2.32. The minimum Gasteiger partial charge on any atom is -0.250 e. The molecule has 0 amide bonds. The van der Waals surface area contributed by atoms with E-state index >= 15 is 0 Å². The molecule has 0 aromatic carbocycles. The predicted octanol–water partition coefficient (Wildman–Crippen LogP) is 3.89. The Kier molecular flexibility index (Phi) is 5.93. The van der Waals surface area contributed by atoms with Gasteiger partial charge in [0.25, 0.3) is 0 Å². The highest BCUT2D eigenvalue weighted by Gasteiger charge is 2.23. The number of alkyl halides is 1. The van der Waals surface area contributed by atoms with Gasteiger partial charge in [-0.25, -0.2) is 4.89 Å². The monoisotopic (exact) mass is 208 g/mol. The van der Waals surface area contributed by atoms with E-state index in [1.165, 1.54) is 0 Å². The molecule has 0 fully saturated rings. The first-order valence-electron chi connectivity index (χ1n) is 4.86. The molecule has 0 aliphatic carbocycles. The molecule has 0 saturated carbocycles. The molecule has 2 nitrogen and oxygen atoms in total. The van der Waals surface area contributed by atoms with Gasteiger partial charge in [0.15, 0.2) is 5.56 Å². The molecule has 0 spiro atoms. The normalized spacial score (nSPS) is 17.1. The van der Waals surface area contributed by atoms with Crippen LogP contribution in [0.3, 0.4) is 0 Å². The van der Waals surface area contributed by atoms with Crippen LogP contribution >= 0.6 is 11.6 Å². The van der Waals surface area contributed by atoms with Crippen molar-refractivity contribution < 1.29 is 10.1 Å². The molecule has 0 bridgehead atoms. The van der Waals surface area contributed by atoms with E-state index in [0.29, 0.717) is 17.8 Å². The fourth-order valence-electron chi connectivity index (χ4n) is 1.63. The van der Waals surface area contributed by atoms with E-state index in [1.807, 2.05) is 0 Å². The summed E-state index contributed by atoms with van der Waals surface area (Å²) in [6.45, 7) is 8.86. The van der Waals surface area contributed by atoms with Gasteiger partial charge in [0.1, 0.15) is 0 Å². The van der Waals surface area contributed by atoms with Crippen LogP contribution < -0.4 is 0 Å². The number of hydrogen-bond acceptors (Lipinski definition) is 2. The van der Waals surface area contributed by atoms with Gasteiger partial charge in [-0.15, -0.1) is 0 Å². The van der Waals surface area contributed by atoms with E-state index < -0.39 is 5.56 Å². The summed E-state index contributed by atoms with van der Waals surface area (Å²) in [6, 6.07) is 0. The van der Waals surface area contributed by atoms with Crippen molar-refractivity contribution in [2.75, 3.05) is 0 Å². The second kappa shape index (κ2) is 5.84. The van der Waals surface area contributed by atoms with Crippen molar-refractivity contribution in [1.82, 2.24) is 0 Å². The molecule has 1 N–H and O–H groups in total. The van der Waals surface area contributed by atoms with Gasteiger partial charge in [-0.1, -0.05) is 45.7 Å². The van der Waals surface area contributed by atoms with Gasteiger partial charge in [-0.3, -0.25) is 5.26 Å². The summed E-state index contributed by atoms with van der Waals surface area (Å²) in [4.78, 5) is 4.02. The summed E-state index contributed by atoms with van der Waals surface area (Å²) >= 11 is 5.64. The molecule has 2 unspecified atom stereocenters. The fourth-order valence-corrected chi connectivity index (χ4v) is 1.76. The van der Waals surface area contributed by atoms with Crippen LogP contribution in [0.4, 0.5) is 0 Å². The summed E-state index contributed by atoms with van der Waals surface area (Å²) in [6.07, 6.45) is 2.83. The Labute approximate surface area is 86.2 Å². The maximum atomic E-state index is 8.29. The second-order valence-corrected chi connectivity index (χ2v) is 5.05. The summed E-state index contributed by atoms with van der Waals surface area (Å²) in [5, 5.41) is 8.29. The van der Waals surface area contributed by atoms with Crippen molar-refractivity contribution >= 4 is 11.6 Å². The smallest absolute Gasteiger partial charge is 0.166 e. The molecule has 0 saturated heterocycles. The first-order chi connectivity index (χ1) is 5.91. The number of hydrogen-bond donors (Lipinski definition) is 1. The van der Waals surface area contributed by atoms with Gasteiger partial charge in [-0.2, -0.15) is 0 Å². The first kappa shape index (κ1) is 13.2. The van der Waals surface area contributed by atoms with Crippen LogP contribution in [0.1, 0.15) is 47.0 Å². The lowest BCUT2D eigenvalue weighted by Gasteiger charge is -2.30. The van der Waals surface area contributed by atoms with Gasteiger partial charge < -0.3 is 0 Å². The number of halogens is 1. The van der Waals surface area contributed by atoms with Crippen molar-refractivity contribution in [2.45, 2.75) is 52.5 Å². The third kappa shape index (κ3) is 5.50. The van der Waals surface area contributed by atoms with E-state index in [9.17, 15) is 0 Å². The minimum absolute atomic E-state index is 0.306. The van der Waals surface area contributed by atoms with Gasteiger partial charge in [0, 0.05) is 0 Å². The van der Waals surface area contributed by atoms with Crippen molar-refractivity contribution in [3.8, 4) is 0 Å². The molecule has 0 aromatic heterocycles. The zero-order valence-corrected chi connectivity index (χ0v) is 9.77. The molecule has 0 aliphatic heterocycles. The maximum absolute atomic E-state index is 8.29. The Morgan fingerprint density at radius 1 is 1.31 bits per heavy atom. The highest BCUT2D eigenvalue weighted by molar-refractivity contribution is 6.19. The minimum atomic E-state index is -0.559. The molecule has 0 aliphatic rings. The zero-order valence-electron chi connectivity index (χ0n) is 9.01. The largest absolute Gasteiger partial charge is 0.250 e. The summed E-state index contributed by atoms with van der Waals surface area (Å²) < 4.78 is 0. The van der Waals surface area contributed by atoms with Gasteiger partial charge >= 0.3 is 0 Å². The molecule has 0 rings (SSSR count). The maximum Gasteiger partial charge on any atom is 0.166 e. The van der Waals surface area contributed by atoms with Gasteiger partial charge in [0.05, 0.1) is 0 Å². The van der Waals surface area contributed by atoms with Crippen molar-refractivity contribution in [2.24, 2.45) is 11.3 Å². The Bertz CT molecular complexity index is 131. The van der Waals surface area contributed by atoms with Gasteiger partial charge in [0.2, 0.25) is 0 Å². The third-order valence-electron chi connectivity index (χ3n) is 2.57. The van der Waals surface area contributed by atoms with Crippen LogP contribution in [0.2, 0.25) is 0 Å². The molecule has 2 atom stereocenters. The van der Waals surface area contributed by atoms with E-state index in [-0.39, 0.29) is 0 Å². The Morgan fingerprint density at radius 2 is 1.85 bits per heavy atom. The Hall–Kier alpha value is 0.210. The van der Waals surface area contributed by atoms with Crippen LogP contribution in [0.25, 0.3) is 0 Å². The lowest BCUT2D eigenvalue weighted by Crippen LogP contribution is -2.21. The average molecular weight is 209 g/mol. The summed E-state index contributed by atoms with van der Waals surface area (Å²) in [5.41, 5.74) is -0.253. The third-order valence-corrected chi connectivity index (χ3v) is 2.87. The van der Waals surface area contributed by atoms with Crippen LogP contribution in [0, 0.1) is 11.3 Å². The molecule has 0 radical (unpaired) electrons.